The van der Waals surface area contributed by atoms with Crippen molar-refractivity contribution >= 4 is 11.0 Å². The molecule has 118 valence electrons. The van der Waals surface area contributed by atoms with Crippen molar-refractivity contribution in [3.8, 4) is 28.6 Å². The van der Waals surface area contributed by atoms with Gasteiger partial charge in [0.05, 0.1) is 7.11 Å². The van der Waals surface area contributed by atoms with Gasteiger partial charge in [-0.15, -0.1) is 0 Å². The van der Waals surface area contributed by atoms with Crippen molar-refractivity contribution in [1.29, 1.82) is 0 Å². The molecule has 2 N–H and O–H groups in total. The van der Waals surface area contributed by atoms with E-state index in [0.29, 0.717) is 22.4 Å². The van der Waals surface area contributed by atoms with Gasteiger partial charge in [-0.25, -0.2) is 0 Å². The van der Waals surface area contributed by atoms with Crippen molar-refractivity contribution < 1.29 is 19.4 Å². The number of aromatic hydroxyl groups is 2. The number of hydrogen-bond acceptors (Lipinski definition) is 5. The molecular weight excluding hydrogens is 296 g/mol. The van der Waals surface area contributed by atoms with E-state index in [0.717, 1.165) is 0 Å². The van der Waals surface area contributed by atoms with Crippen LogP contribution < -0.4 is 10.2 Å². The molecule has 23 heavy (non-hydrogen) atoms. The Hall–Kier alpha value is -2.95. The summed E-state index contributed by atoms with van der Waals surface area (Å²) >= 11 is 0. The van der Waals surface area contributed by atoms with E-state index in [9.17, 15) is 15.0 Å². The Morgan fingerprint density at radius 2 is 1.65 bits per heavy atom. The zero-order chi connectivity index (χ0) is 16.7. The van der Waals surface area contributed by atoms with E-state index in [4.69, 9.17) is 9.15 Å². The molecule has 0 atom stereocenters. The Kier molecular flexibility index (Phi) is 3.48. The molecule has 5 heteroatoms. The molecule has 2 aromatic carbocycles. The van der Waals surface area contributed by atoms with Crippen molar-refractivity contribution in [2.24, 2.45) is 0 Å². The Morgan fingerprint density at radius 1 is 1.00 bits per heavy atom. The van der Waals surface area contributed by atoms with Crippen molar-refractivity contribution in [2.75, 3.05) is 7.11 Å². The number of methoxy groups -OCH3 is 1. The van der Waals surface area contributed by atoms with Gasteiger partial charge in [0.1, 0.15) is 22.5 Å². The summed E-state index contributed by atoms with van der Waals surface area (Å²) in [5.41, 5.74) is 1.12. The highest BCUT2D eigenvalue weighted by Crippen LogP contribution is 2.41. The van der Waals surface area contributed by atoms with E-state index in [1.54, 1.807) is 38.1 Å². The fourth-order valence-corrected chi connectivity index (χ4v) is 2.78. The zero-order valence-electron chi connectivity index (χ0n) is 13.0. The number of rotatable bonds is 2. The summed E-state index contributed by atoms with van der Waals surface area (Å²) in [6.07, 6.45) is 0. The summed E-state index contributed by atoms with van der Waals surface area (Å²) in [5.74, 6) is -0.256. The minimum absolute atomic E-state index is 0.0435. The Labute approximate surface area is 132 Å². The maximum atomic E-state index is 12.5. The fraction of sp³-hybridized carbons (Fsp3) is 0.167. The SMILES string of the molecule is COc1c(C)c(O)c2c(=O)c(O)c(-c3ccccc3)oc2c1C. The highest BCUT2D eigenvalue weighted by molar-refractivity contribution is 5.92. The Balaban J connectivity index is 2.50. The van der Waals surface area contributed by atoms with Crippen LogP contribution in [0.25, 0.3) is 22.3 Å². The first-order chi connectivity index (χ1) is 11.0. The van der Waals surface area contributed by atoms with Crippen LogP contribution in [0.4, 0.5) is 0 Å². The van der Waals surface area contributed by atoms with E-state index in [1.165, 1.54) is 7.11 Å². The van der Waals surface area contributed by atoms with Crippen LogP contribution in [0.1, 0.15) is 11.1 Å². The summed E-state index contributed by atoms with van der Waals surface area (Å²) in [7, 11) is 1.48. The molecule has 0 saturated heterocycles. The van der Waals surface area contributed by atoms with Crippen LogP contribution in [0.2, 0.25) is 0 Å². The molecule has 0 aliphatic carbocycles. The molecule has 1 heterocycles. The lowest BCUT2D eigenvalue weighted by Crippen LogP contribution is -2.06. The lowest BCUT2D eigenvalue weighted by molar-refractivity contribution is 0.398. The first-order valence-electron chi connectivity index (χ1n) is 7.08. The minimum atomic E-state index is -0.670. The smallest absolute Gasteiger partial charge is 0.238 e. The lowest BCUT2D eigenvalue weighted by Gasteiger charge is -2.14. The second-order valence-corrected chi connectivity index (χ2v) is 5.31. The van der Waals surface area contributed by atoms with E-state index < -0.39 is 11.2 Å². The monoisotopic (exact) mass is 312 g/mol. The molecule has 3 rings (SSSR count). The minimum Gasteiger partial charge on any atom is -0.507 e. The van der Waals surface area contributed by atoms with Crippen molar-refractivity contribution in [3.63, 3.8) is 0 Å². The van der Waals surface area contributed by atoms with Gasteiger partial charge in [0, 0.05) is 16.7 Å². The molecule has 3 aromatic rings. The number of hydrogen-bond donors (Lipinski definition) is 2. The molecule has 0 saturated carbocycles. The average Bonchev–Trinajstić information content (AvgIpc) is 2.56. The van der Waals surface area contributed by atoms with E-state index in [1.807, 2.05) is 6.07 Å². The first-order valence-corrected chi connectivity index (χ1v) is 7.08. The lowest BCUT2D eigenvalue weighted by atomic mass is 10.0. The molecule has 0 fully saturated rings. The van der Waals surface area contributed by atoms with Crippen LogP contribution in [-0.2, 0) is 0 Å². The third-order valence-corrected chi connectivity index (χ3v) is 3.94. The van der Waals surface area contributed by atoms with Gasteiger partial charge in [-0.05, 0) is 13.8 Å². The molecule has 0 bridgehead atoms. The zero-order valence-corrected chi connectivity index (χ0v) is 13.0. The highest BCUT2D eigenvalue weighted by Gasteiger charge is 2.23. The second kappa shape index (κ2) is 5.35. The quantitative estimate of drug-likeness (QED) is 0.757. The number of fused-ring (bicyclic) bond motifs is 1. The van der Waals surface area contributed by atoms with Crippen LogP contribution in [0.5, 0.6) is 17.2 Å². The average molecular weight is 312 g/mol. The van der Waals surface area contributed by atoms with Crippen LogP contribution >= 0.6 is 0 Å². The highest BCUT2D eigenvalue weighted by atomic mass is 16.5. The van der Waals surface area contributed by atoms with E-state index in [2.05, 4.69) is 0 Å². The molecule has 0 aliphatic rings. The van der Waals surface area contributed by atoms with Crippen LogP contribution in [0.15, 0.2) is 39.5 Å². The molecule has 0 unspecified atom stereocenters. The third kappa shape index (κ3) is 2.12. The molecule has 0 aliphatic heterocycles. The van der Waals surface area contributed by atoms with Gasteiger partial charge in [0.2, 0.25) is 11.2 Å². The topological polar surface area (TPSA) is 79.9 Å². The van der Waals surface area contributed by atoms with Gasteiger partial charge in [-0.3, -0.25) is 4.79 Å². The van der Waals surface area contributed by atoms with Crippen molar-refractivity contribution in [3.05, 3.63) is 51.7 Å². The summed E-state index contributed by atoms with van der Waals surface area (Å²) in [5, 5.41) is 20.5. The molecule has 5 nitrogen and oxygen atoms in total. The summed E-state index contributed by atoms with van der Waals surface area (Å²) < 4.78 is 11.1. The van der Waals surface area contributed by atoms with Gasteiger partial charge in [0.15, 0.2) is 5.76 Å². The fourth-order valence-electron chi connectivity index (χ4n) is 2.78. The summed E-state index contributed by atoms with van der Waals surface area (Å²) in [6.45, 7) is 3.38. The van der Waals surface area contributed by atoms with Gasteiger partial charge in [0.25, 0.3) is 0 Å². The van der Waals surface area contributed by atoms with Gasteiger partial charge >= 0.3 is 0 Å². The largest absolute Gasteiger partial charge is 0.507 e. The number of aryl methyl sites for hydroxylation is 1. The van der Waals surface area contributed by atoms with E-state index in [-0.39, 0.29) is 22.5 Å². The predicted octanol–water partition coefficient (Wildman–Crippen LogP) is 3.50. The molecular formula is C18H16O5. The number of benzene rings is 2. The summed E-state index contributed by atoms with van der Waals surface area (Å²) in [6, 6.07) is 8.83. The normalized spacial score (nSPS) is 10.9. The van der Waals surface area contributed by atoms with Crippen LogP contribution in [-0.4, -0.2) is 17.3 Å². The molecule has 0 spiro atoms. The van der Waals surface area contributed by atoms with E-state index >= 15 is 0 Å². The number of ether oxygens (including phenoxy) is 1. The Morgan fingerprint density at radius 3 is 2.26 bits per heavy atom. The summed E-state index contributed by atoms with van der Waals surface area (Å²) in [4.78, 5) is 12.5. The van der Waals surface area contributed by atoms with Crippen LogP contribution in [0, 0.1) is 13.8 Å². The molecule has 0 radical (unpaired) electrons. The van der Waals surface area contributed by atoms with Crippen LogP contribution in [0.3, 0.4) is 0 Å². The first kappa shape index (κ1) is 15.0. The maximum Gasteiger partial charge on any atom is 0.238 e. The Bertz CT molecular complexity index is 955. The maximum absolute atomic E-state index is 12.5. The van der Waals surface area contributed by atoms with Crippen molar-refractivity contribution in [1.82, 2.24) is 0 Å². The second-order valence-electron chi connectivity index (χ2n) is 5.31. The van der Waals surface area contributed by atoms with Gasteiger partial charge in [-0.1, -0.05) is 30.3 Å². The molecule has 0 amide bonds. The third-order valence-electron chi connectivity index (χ3n) is 3.94. The predicted molar refractivity (Wildman–Crippen MR) is 87.3 cm³/mol. The van der Waals surface area contributed by atoms with Crippen molar-refractivity contribution in [2.45, 2.75) is 13.8 Å². The van der Waals surface area contributed by atoms with Gasteiger partial charge < -0.3 is 19.4 Å². The number of phenols is 1. The molecule has 1 aromatic heterocycles. The van der Waals surface area contributed by atoms with Gasteiger partial charge in [-0.2, -0.15) is 0 Å². The standard InChI is InChI=1S/C18H16O5/c1-9-13(19)12-14(20)15(21)18(11-7-5-4-6-8-11)23-17(12)10(2)16(9)22-3/h4-8,19,21H,1-3H3. The number of phenolic OH excluding ortho intramolecular Hbond substituents is 1.